The summed E-state index contributed by atoms with van der Waals surface area (Å²) in [7, 11) is 1.37. The van der Waals surface area contributed by atoms with Crippen LogP contribution >= 0.6 is 12.4 Å². The van der Waals surface area contributed by atoms with Crippen LogP contribution in [0.3, 0.4) is 0 Å². The van der Waals surface area contributed by atoms with Gasteiger partial charge in [-0.1, -0.05) is 12.1 Å². The lowest BCUT2D eigenvalue weighted by atomic mass is 10.1. The van der Waals surface area contributed by atoms with E-state index in [4.69, 9.17) is 11.1 Å². The third kappa shape index (κ3) is 4.75. The Kier molecular flexibility index (Phi) is 7.01. The number of carbonyl (C=O) groups excluding carboxylic acids is 1. The Morgan fingerprint density at radius 2 is 1.66 bits per heavy atom. The molecule has 0 fully saturated rings. The Balaban J connectivity index is 0.00000300. The largest absolute Gasteiger partial charge is 0.469 e. The highest BCUT2D eigenvalue weighted by atomic mass is 35.5. The van der Waals surface area contributed by atoms with Crippen molar-refractivity contribution in [3.8, 4) is 11.4 Å². The van der Waals surface area contributed by atoms with E-state index in [9.17, 15) is 9.59 Å². The average Bonchev–Trinajstić information content (AvgIpc) is 3.00. The van der Waals surface area contributed by atoms with Crippen molar-refractivity contribution in [3.05, 3.63) is 82.0 Å². The number of amidine groups is 1. The highest BCUT2D eigenvalue weighted by Gasteiger charge is 2.12. The Hall–Kier alpha value is -3.32. The minimum atomic E-state index is -0.246. The van der Waals surface area contributed by atoms with Crippen molar-refractivity contribution in [1.29, 1.82) is 5.41 Å². The molecule has 0 saturated carbocycles. The zero-order valence-corrected chi connectivity index (χ0v) is 17.0. The van der Waals surface area contributed by atoms with Crippen LogP contribution in [0.4, 0.5) is 0 Å². The molecule has 0 aliphatic rings. The number of aryl methyl sites for hydroxylation is 2. The molecule has 0 saturated heterocycles. The van der Waals surface area contributed by atoms with E-state index in [2.05, 4.69) is 4.74 Å². The van der Waals surface area contributed by atoms with Gasteiger partial charge >= 0.3 is 11.7 Å². The van der Waals surface area contributed by atoms with E-state index >= 15 is 0 Å². The molecule has 0 radical (unpaired) electrons. The van der Waals surface area contributed by atoms with Crippen LogP contribution in [0.25, 0.3) is 11.4 Å². The number of benzene rings is 2. The molecule has 8 heteroatoms. The molecule has 2 aromatic carbocycles. The van der Waals surface area contributed by atoms with Gasteiger partial charge in [-0.05, 0) is 55.3 Å². The molecule has 1 aromatic heterocycles. The number of imidazole rings is 1. The van der Waals surface area contributed by atoms with Gasteiger partial charge in [-0.3, -0.25) is 19.3 Å². The topological polar surface area (TPSA) is 103 Å². The molecule has 3 aromatic rings. The Labute approximate surface area is 174 Å². The van der Waals surface area contributed by atoms with Gasteiger partial charge in [-0.2, -0.15) is 0 Å². The molecule has 0 amide bonds. The predicted octanol–water partition coefficient (Wildman–Crippen LogP) is 2.75. The lowest BCUT2D eigenvalue weighted by Crippen LogP contribution is -2.22. The number of ether oxygens (including phenoxy) is 1. The summed E-state index contributed by atoms with van der Waals surface area (Å²) in [4.78, 5) is 24.2. The Morgan fingerprint density at radius 3 is 2.21 bits per heavy atom. The average molecular weight is 415 g/mol. The van der Waals surface area contributed by atoms with E-state index in [1.54, 1.807) is 39.6 Å². The van der Waals surface area contributed by atoms with E-state index in [-0.39, 0.29) is 29.9 Å². The number of hydrogen-bond acceptors (Lipinski definition) is 4. The second kappa shape index (κ2) is 9.25. The van der Waals surface area contributed by atoms with Gasteiger partial charge in [-0.15, -0.1) is 12.4 Å². The maximum atomic E-state index is 12.9. The van der Waals surface area contributed by atoms with Gasteiger partial charge in [0.25, 0.3) is 0 Å². The molecular weight excluding hydrogens is 392 g/mol. The molecule has 0 unspecified atom stereocenters. The third-order valence-electron chi connectivity index (χ3n) is 4.56. The van der Waals surface area contributed by atoms with E-state index in [1.165, 1.54) is 7.11 Å². The Bertz CT molecular complexity index is 1070. The van der Waals surface area contributed by atoms with Gasteiger partial charge in [0.15, 0.2) is 0 Å². The summed E-state index contributed by atoms with van der Waals surface area (Å²) in [5.74, 6) is -0.260. The van der Waals surface area contributed by atoms with Crippen LogP contribution in [0.2, 0.25) is 0 Å². The maximum Gasteiger partial charge on any atom is 0.337 e. The standard InChI is InChI=1S/C21H22N4O3.ClH/c1-14-13-24(17-10-6-16(7-11-17)20(22)23)21(27)25(14)18-8-3-15(4-9-18)5-12-19(26)28-2;/h3-4,6-11,13H,5,12H2,1-2H3,(H3,22,23);1H. The minimum Gasteiger partial charge on any atom is -0.469 e. The summed E-state index contributed by atoms with van der Waals surface area (Å²) in [5.41, 5.74) is 9.15. The molecule has 0 aliphatic carbocycles. The minimum absolute atomic E-state index is 0. The first-order valence-corrected chi connectivity index (χ1v) is 8.82. The van der Waals surface area contributed by atoms with Gasteiger partial charge in [0, 0.05) is 23.9 Å². The smallest absolute Gasteiger partial charge is 0.337 e. The van der Waals surface area contributed by atoms with E-state index in [0.29, 0.717) is 24.1 Å². The van der Waals surface area contributed by atoms with Crippen LogP contribution in [0.15, 0.2) is 59.5 Å². The number of nitrogens with one attached hydrogen (secondary N) is 1. The molecule has 0 aliphatic heterocycles. The highest BCUT2D eigenvalue weighted by Crippen LogP contribution is 2.15. The number of carbonyl (C=O) groups is 1. The van der Waals surface area contributed by atoms with Crippen molar-refractivity contribution < 1.29 is 9.53 Å². The number of nitrogens with zero attached hydrogens (tertiary/aromatic N) is 2. The molecule has 1 heterocycles. The number of halogens is 1. The molecule has 29 heavy (non-hydrogen) atoms. The normalized spacial score (nSPS) is 10.3. The molecule has 0 atom stereocenters. The number of hydrogen-bond donors (Lipinski definition) is 2. The van der Waals surface area contributed by atoms with Crippen LogP contribution in [0, 0.1) is 12.3 Å². The fourth-order valence-corrected chi connectivity index (χ4v) is 3.02. The summed E-state index contributed by atoms with van der Waals surface area (Å²) in [6.07, 6.45) is 2.68. The first-order chi connectivity index (χ1) is 13.4. The predicted molar refractivity (Wildman–Crippen MR) is 115 cm³/mol. The Morgan fingerprint density at radius 1 is 1.07 bits per heavy atom. The summed E-state index contributed by atoms with van der Waals surface area (Å²) >= 11 is 0. The zero-order chi connectivity index (χ0) is 20.3. The molecule has 3 rings (SSSR count). The molecule has 7 nitrogen and oxygen atoms in total. The first kappa shape index (κ1) is 22.0. The van der Waals surface area contributed by atoms with Gasteiger partial charge < -0.3 is 10.5 Å². The third-order valence-corrected chi connectivity index (χ3v) is 4.56. The number of rotatable bonds is 6. The molecule has 0 spiro atoms. The maximum absolute atomic E-state index is 12.9. The van der Waals surface area contributed by atoms with Crippen LogP contribution in [0.5, 0.6) is 0 Å². The monoisotopic (exact) mass is 414 g/mol. The lowest BCUT2D eigenvalue weighted by Gasteiger charge is -2.06. The van der Waals surface area contributed by atoms with Gasteiger partial charge in [0.2, 0.25) is 0 Å². The van der Waals surface area contributed by atoms with Crippen molar-refractivity contribution in [1.82, 2.24) is 9.13 Å². The molecular formula is C21H23ClN4O3. The molecule has 152 valence electrons. The fraction of sp³-hybridized carbons (Fsp3) is 0.190. The highest BCUT2D eigenvalue weighted by molar-refractivity contribution is 5.95. The summed E-state index contributed by atoms with van der Waals surface area (Å²) in [6.45, 7) is 1.87. The number of esters is 1. The number of nitrogen functional groups attached to an aromatic ring is 1. The number of aromatic nitrogens is 2. The summed E-state index contributed by atoms with van der Waals surface area (Å²) in [6, 6.07) is 14.5. The second-order valence-corrected chi connectivity index (χ2v) is 6.46. The fourth-order valence-electron chi connectivity index (χ4n) is 3.02. The van der Waals surface area contributed by atoms with Crippen LogP contribution in [-0.2, 0) is 16.0 Å². The van der Waals surface area contributed by atoms with Gasteiger partial charge in [0.1, 0.15) is 5.84 Å². The van der Waals surface area contributed by atoms with Crippen LogP contribution in [0.1, 0.15) is 23.2 Å². The van der Waals surface area contributed by atoms with Crippen molar-refractivity contribution in [2.45, 2.75) is 19.8 Å². The van der Waals surface area contributed by atoms with Gasteiger partial charge in [0.05, 0.1) is 18.5 Å². The molecule has 0 bridgehead atoms. The molecule has 3 N–H and O–H groups in total. The zero-order valence-electron chi connectivity index (χ0n) is 16.2. The number of nitrogens with two attached hydrogens (primary N) is 1. The summed E-state index contributed by atoms with van der Waals surface area (Å²) < 4.78 is 7.84. The summed E-state index contributed by atoms with van der Waals surface area (Å²) in [5, 5.41) is 7.46. The van der Waals surface area contributed by atoms with Crippen molar-refractivity contribution >= 4 is 24.2 Å². The van der Waals surface area contributed by atoms with Crippen molar-refractivity contribution in [2.75, 3.05) is 7.11 Å². The van der Waals surface area contributed by atoms with Crippen molar-refractivity contribution in [3.63, 3.8) is 0 Å². The number of methoxy groups -OCH3 is 1. The lowest BCUT2D eigenvalue weighted by molar-refractivity contribution is -0.140. The van der Waals surface area contributed by atoms with E-state index < -0.39 is 0 Å². The van der Waals surface area contributed by atoms with E-state index in [0.717, 1.165) is 16.9 Å². The van der Waals surface area contributed by atoms with E-state index in [1.807, 2.05) is 31.2 Å². The van der Waals surface area contributed by atoms with Crippen molar-refractivity contribution in [2.24, 2.45) is 5.73 Å². The van der Waals surface area contributed by atoms with Crippen LogP contribution in [-0.4, -0.2) is 28.0 Å². The SMILES string of the molecule is COC(=O)CCc1ccc(-n2c(C)cn(-c3ccc(C(=N)N)cc3)c2=O)cc1.Cl. The quantitative estimate of drug-likeness (QED) is 0.367. The second-order valence-electron chi connectivity index (χ2n) is 6.46. The van der Waals surface area contributed by atoms with Crippen LogP contribution < -0.4 is 11.4 Å². The first-order valence-electron chi connectivity index (χ1n) is 8.82. The van der Waals surface area contributed by atoms with Gasteiger partial charge in [-0.25, -0.2) is 4.79 Å².